The van der Waals surface area contributed by atoms with Crippen molar-refractivity contribution >= 4 is 23.4 Å². The summed E-state index contributed by atoms with van der Waals surface area (Å²) in [5.74, 6) is -0.422. The van der Waals surface area contributed by atoms with Crippen molar-refractivity contribution in [3.8, 4) is 0 Å². The third kappa shape index (κ3) is 1.34. The minimum absolute atomic E-state index is 0.132. The van der Waals surface area contributed by atoms with Crippen molar-refractivity contribution in [1.29, 1.82) is 0 Å². The minimum atomic E-state index is -1.01. The molecule has 0 unspecified atom stereocenters. The van der Waals surface area contributed by atoms with Gasteiger partial charge in [0.2, 0.25) is 5.91 Å². The number of carboxylic acid groups (broad SMARTS) is 1. The molecule has 0 fully saturated rings. The molecule has 2 N–H and O–H groups in total. The summed E-state index contributed by atoms with van der Waals surface area (Å²) in [4.78, 5) is 23.8. The van der Waals surface area contributed by atoms with E-state index in [1.807, 2.05) is 0 Å². The monoisotopic (exact) mass is 209 g/mol. The van der Waals surface area contributed by atoms with Crippen LogP contribution in [0.2, 0.25) is 0 Å². The van der Waals surface area contributed by atoms with Gasteiger partial charge in [0.25, 0.3) is 0 Å². The molecule has 1 aliphatic rings. The summed E-state index contributed by atoms with van der Waals surface area (Å²) < 4.78 is 1.55. The van der Waals surface area contributed by atoms with Gasteiger partial charge in [0.15, 0.2) is 0 Å². The molecule has 6 nitrogen and oxygen atoms in total. The Morgan fingerprint density at radius 3 is 2.80 bits per heavy atom. The van der Waals surface area contributed by atoms with Crippen LogP contribution in [0.25, 0.3) is 0 Å². The van der Waals surface area contributed by atoms with Crippen molar-refractivity contribution in [3.05, 3.63) is 11.8 Å². The highest BCUT2D eigenvalue weighted by Crippen LogP contribution is 2.31. The normalized spacial score (nSPS) is 14.8. The van der Waals surface area contributed by atoms with E-state index in [-0.39, 0.29) is 18.1 Å². The van der Waals surface area contributed by atoms with Crippen LogP contribution in [0.5, 0.6) is 0 Å². The Balaban J connectivity index is 2.57. The summed E-state index contributed by atoms with van der Waals surface area (Å²) in [5.41, 5.74) is 0.711. The van der Waals surface area contributed by atoms with Gasteiger partial charge in [-0.2, -0.15) is 0 Å². The average molecular weight is 209 g/mol. The number of hydrogen-bond donors (Lipinski definition) is 2. The average Bonchev–Trinajstić information content (AvgIpc) is 2.42. The van der Waals surface area contributed by atoms with E-state index in [0.29, 0.717) is 11.5 Å². The van der Waals surface area contributed by atoms with Gasteiger partial charge in [0.1, 0.15) is 11.5 Å². The van der Waals surface area contributed by atoms with E-state index in [2.05, 4.69) is 5.32 Å². The maximum atomic E-state index is 11.2. The van der Waals surface area contributed by atoms with Gasteiger partial charge < -0.3 is 19.9 Å². The largest absolute Gasteiger partial charge is 0.477 e. The molecule has 15 heavy (non-hydrogen) atoms. The molecule has 0 bridgehead atoms. The van der Waals surface area contributed by atoms with Crippen LogP contribution in [-0.4, -0.2) is 35.1 Å². The van der Waals surface area contributed by atoms with Crippen LogP contribution in [-0.2, 0) is 11.8 Å². The molecule has 6 heteroatoms. The Morgan fingerprint density at radius 2 is 2.20 bits per heavy atom. The lowest BCUT2D eigenvalue weighted by atomic mass is 10.3. The zero-order chi connectivity index (χ0) is 11.2. The fraction of sp³-hybridized carbons (Fsp3) is 0.333. The second-order valence-corrected chi connectivity index (χ2v) is 3.54. The number of nitrogens with one attached hydrogen (secondary N) is 1. The van der Waals surface area contributed by atoms with Crippen molar-refractivity contribution in [2.24, 2.45) is 7.05 Å². The predicted octanol–water partition coefficient (Wildman–Crippen LogP) is 0.112. The van der Waals surface area contributed by atoms with Gasteiger partial charge in [-0.3, -0.25) is 4.79 Å². The second-order valence-electron chi connectivity index (χ2n) is 3.54. The Bertz CT molecular complexity index is 450. The van der Waals surface area contributed by atoms with Gasteiger partial charge in [-0.15, -0.1) is 0 Å². The number of aromatic nitrogens is 1. The molecule has 2 heterocycles. The summed E-state index contributed by atoms with van der Waals surface area (Å²) in [6.45, 7) is 0.240. The quantitative estimate of drug-likeness (QED) is 0.688. The van der Waals surface area contributed by atoms with Crippen molar-refractivity contribution in [2.75, 3.05) is 23.8 Å². The topological polar surface area (TPSA) is 74.6 Å². The zero-order valence-corrected chi connectivity index (χ0v) is 8.44. The Hall–Kier alpha value is -1.98. The lowest BCUT2D eigenvalue weighted by Gasteiger charge is -2.25. The number of carbonyl (C=O) groups excluding carboxylic acids is 1. The number of fused-ring (bicyclic) bond motifs is 1. The van der Waals surface area contributed by atoms with Crippen molar-refractivity contribution in [3.63, 3.8) is 0 Å². The summed E-state index contributed by atoms with van der Waals surface area (Å²) in [7, 11) is 3.42. The van der Waals surface area contributed by atoms with Gasteiger partial charge >= 0.3 is 5.97 Å². The fourth-order valence-corrected chi connectivity index (χ4v) is 1.83. The first-order chi connectivity index (χ1) is 7.00. The van der Waals surface area contributed by atoms with Gasteiger partial charge in [0.05, 0.1) is 12.2 Å². The molecule has 0 aliphatic carbocycles. The molecule has 2 rings (SSSR count). The smallest absolute Gasteiger partial charge is 0.352 e. The van der Waals surface area contributed by atoms with Crippen LogP contribution in [0.3, 0.4) is 0 Å². The number of nitrogens with zero attached hydrogens (tertiary/aromatic N) is 2. The first-order valence-electron chi connectivity index (χ1n) is 4.44. The summed E-state index contributed by atoms with van der Waals surface area (Å²) in [6.07, 6.45) is 0. The molecular weight excluding hydrogens is 198 g/mol. The van der Waals surface area contributed by atoms with Gasteiger partial charge in [-0.25, -0.2) is 4.79 Å². The minimum Gasteiger partial charge on any atom is -0.477 e. The highest BCUT2D eigenvalue weighted by molar-refractivity contribution is 6.02. The maximum absolute atomic E-state index is 11.2. The first-order valence-corrected chi connectivity index (χ1v) is 4.44. The van der Waals surface area contributed by atoms with Crippen molar-refractivity contribution < 1.29 is 14.7 Å². The van der Waals surface area contributed by atoms with Crippen molar-refractivity contribution in [1.82, 2.24) is 4.57 Å². The maximum Gasteiger partial charge on any atom is 0.352 e. The molecule has 1 amide bonds. The molecule has 0 radical (unpaired) electrons. The third-order valence-corrected chi connectivity index (χ3v) is 2.44. The van der Waals surface area contributed by atoms with Crippen LogP contribution < -0.4 is 10.2 Å². The molecule has 0 spiro atoms. The number of amides is 1. The lowest BCUT2D eigenvalue weighted by molar-refractivity contribution is -0.115. The van der Waals surface area contributed by atoms with Gasteiger partial charge in [-0.05, 0) is 6.07 Å². The van der Waals surface area contributed by atoms with E-state index < -0.39 is 5.97 Å². The van der Waals surface area contributed by atoms with Crippen LogP contribution in [0.4, 0.5) is 11.5 Å². The zero-order valence-electron chi connectivity index (χ0n) is 8.44. The molecule has 80 valence electrons. The Morgan fingerprint density at radius 1 is 1.53 bits per heavy atom. The summed E-state index contributed by atoms with van der Waals surface area (Å²) >= 11 is 0. The van der Waals surface area contributed by atoms with E-state index in [1.54, 1.807) is 23.6 Å². The van der Waals surface area contributed by atoms with E-state index >= 15 is 0 Å². The summed E-state index contributed by atoms with van der Waals surface area (Å²) in [5, 5.41) is 11.6. The fourth-order valence-electron chi connectivity index (χ4n) is 1.83. The second kappa shape index (κ2) is 3.01. The van der Waals surface area contributed by atoms with E-state index in [0.717, 1.165) is 0 Å². The summed E-state index contributed by atoms with van der Waals surface area (Å²) in [6, 6.07) is 1.46. The van der Waals surface area contributed by atoms with Gasteiger partial charge in [0, 0.05) is 14.1 Å². The number of rotatable bonds is 1. The molecule has 1 aromatic rings. The third-order valence-electron chi connectivity index (χ3n) is 2.44. The number of aromatic carboxylic acids is 1. The SMILES string of the molecule is CN1CC(=O)Nc2cc(C(=O)O)n(C)c21. The number of carboxylic acids is 1. The molecule has 0 saturated heterocycles. The van der Waals surface area contributed by atoms with Crippen LogP contribution in [0.15, 0.2) is 6.07 Å². The molecule has 0 atom stereocenters. The highest BCUT2D eigenvalue weighted by atomic mass is 16.4. The molecule has 1 aromatic heterocycles. The van der Waals surface area contributed by atoms with Crippen LogP contribution >= 0.6 is 0 Å². The number of likely N-dealkylation sites (N-methyl/N-ethyl adjacent to an activating group) is 1. The molecule has 1 aliphatic heterocycles. The highest BCUT2D eigenvalue weighted by Gasteiger charge is 2.25. The molecule has 0 aromatic carbocycles. The first kappa shape index (κ1) is 9.57. The van der Waals surface area contributed by atoms with Gasteiger partial charge in [-0.1, -0.05) is 0 Å². The lowest BCUT2D eigenvalue weighted by Crippen LogP contribution is -2.36. The van der Waals surface area contributed by atoms with Crippen LogP contribution in [0.1, 0.15) is 10.5 Å². The number of hydrogen-bond acceptors (Lipinski definition) is 3. The van der Waals surface area contributed by atoms with Crippen LogP contribution in [0, 0.1) is 0 Å². The number of carbonyl (C=O) groups is 2. The van der Waals surface area contributed by atoms with E-state index in [4.69, 9.17) is 5.11 Å². The van der Waals surface area contributed by atoms with E-state index in [1.165, 1.54) is 6.07 Å². The molecular formula is C9H11N3O3. The molecule has 0 saturated carbocycles. The number of anilines is 2. The standard InChI is InChI=1S/C9H11N3O3/c1-11-4-7(13)10-5-3-6(9(14)15)12(2)8(5)11/h3H,4H2,1-2H3,(H,10,13)(H,14,15). The van der Waals surface area contributed by atoms with E-state index in [9.17, 15) is 9.59 Å². The Kier molecular flexibility index (Phi) is 1.92. The predicted molar refractivity (Wildman–Crippen MR) is 54.3 cm³/mol. The van der Waals surface area contributed by atoms with Crippen molar-refractivity contribution in [2.45, 2.75) is 0 Å². The Labute approximate surface area is 86.1 Å².